The van der Waals surface area contributed by atoms with E-state index >= 15 is 0 Å². The van der Waals surface area contributed by atoms with Crippen LogP contribution in [0.25, 0.3) is 0 Å². The molecule has 2 aromatic rings. The summed E-state index contributed by atoms with van der Waals surface area (Å²) in [6.45, 7) is 2.24. The highest BCUT2D eigenvalue weighted by Crippen LogP contribution is 2.40. The smallest absolute Gasteiger partial charge is 0.0328 e. The van der Waals surface area contributed by atoms with E-state index in [4.69, 9.17) is 0 Å². The molecule has 4 rings (SSSR count). The summed E-state index contributed by atoms with van der Waals surface area (Å²) in [6, 6.07) is 19.1. The highest BCUT2D eigenvalue weighted by Gasteiger charge is 2.33. The van der Waals surface area contributed by atoms with E-state index in [2.05, 4.69) is 60.8 Å². The lowest BCUT2D eigenvalue weighted by Crippen LogP contribution is -2.41. The van der Waals surface area contributed by atoms with Gasteiger partial charge in [-0.3, -0.25) is 0 Å². The quantitative estimate of drug-likeness (QED) is 0.870. The Morgan fingerprint density at radius 2 is 1.62 bits per heavy atom. The maximum atomic E-state index is 3.89. The normalized spacial score (nSPS) is 27.2. The van der Waals surface area contributed by atoms with Crippen LogP contribution in [0.5, 0.6) is 0 Å². The summed E-state index contributed by atoms with van der Waals surface area (Å²) < 4.78 is 0. The zero-order valence-corrected chi connectivity index (χ0v) is 12.7. The number of hydrogen-bond acceptors (Lipinski definition) is 1. The Morgan fingerprint density at radius 3 is 2.43 bits per heavy atom. The molecule has 2 aliphatic carbocycles. The summed E-state index contributed by atoms with van der Waals surface area (Å²) in [5.74, 6) is 0.764. The summed E-state index contributed by atoms with van der Waals surface area (Å²) in [4.78, 5) is 0. The van der Waals surface area contributed by atoms with Crippen LogP contribution in [0.3, 0.4) is 0 Å². The molecule has 0 spiro atoms. The fraction of sp³-hybridized carbons (Fsp3) is 0.400. The van der Waals surface area contributed by atoms with Crippen molar-refractivity contribution in [3.8, 4) is 0 Å². The van der Waals surface area contributed by atoms with Crippen LogP contribution in [0, 0.1) is 6.92 Å². The summed E-state index contributed by atoms with van der Waals surface area (Å²) in [6.07, 6.45) is 5.10. The highest BCUT2D eigenvalue weighted by atomic mass is 15.0. The lowest BCUT2D eigenvalue weighted by molar-refractivity contribution is 0.264. The molecule has 2 aromatic carbocycles. The van der Waals surface area contributed by atoms with Crippen molar-refractivity contribution in [3.05, 3.63) is 70.8 Å². The van der Waals surface area contributed by atoms with Crippen molar-refractivity contribution < 1.29 is 0 Å². The van der Waals surface area contributed by atoms with E-state index in [9.17, 15) is 0 Å². The molecule has 0 bridgehead atoms. The maximum Gasteiger partial charge on any atom is 0.0328 e. The van der Waals surface area contributed by atoms with E-state index in [0.29, 0.717) is 12.1 Å². The van der Waals surface area contributed by atoms with Crippen LogP contribution >= 0.6 is 0 Å². The first-order chi connectivity index (χ1) is 10.3. The Morgan fingerprint density at radius 1 is 0.905 bits per heavy atom. The van der Waals surface area contributed by atoms with Gasteiger partial charge in [0, 0.05) is 12.1 Å². The van der Waals surface area contributed by atoms with Crippen molar-refractivity contribution in [3.63, 3.8) is 0 Å². The van der Waals surface area contributed by atoms with Crippen molar-refractivity contribution in [1.29, 1.82) is 0 Å². The molecule has 1 saturated carbocycles. The van der Waals surface area contributed by atoms with Gasteiger partial charge in [-0.2, -0.15) is 0 Å². The Kier molecular flexibility index (Phi) is 3.31. The minimum atomic E-state index is 0.587. The predicted octanol–water partition coefficient (Wildman–Crippen LogP) is 4.52. The third-order valence-corrected chi connectivity index (χ3v) is 5.34. The Hall–Kier alpha value is -1.60. The molecule has 0 radical (unpaired) electrons. The minimum Gasteiger partial charge on any atom is -0.307 e. The Balaban J connectivity index is 1.39. The molecule has 108 valence electrons. The molecular formula is C20H23N. The lowest BCUT2D eigenvalue weighted by atomic mass is 9.74. The van der Waals surface area contributed by atoms with Crippen molar-refractivity contribution in [2.45, 2.75) is 50.6 Å². The number of benzene rings is 2. The van der Waals surface area contributed by atoms with Crippen LogP contribution in [0.2, 0.25) is 0 Å². The van der Waals surface area contributed by atoms with Gasteiger partial charge in [-0.05, 0) is 60.8 Å². The first-order valence-corrected chi connectivity index (χ1v) is 8.20. The van der Waals surface area contributed by atoms with Gasteiger partial charge < -0.3 is 5.32 Å². The van der Waals surface area contributed by atoms with Crippen molar-refractivity contribution in [1.82, 2.24) is 5.32 Å². The van der Waals surface area contributed by atoms with Crippen LogP contribution in [0.15, 0.2) is 48.5 Å². The molecule has 0 aliphatic heterocycles. The van der Waals surface area contributed by atoms with Gasteiger partial charge in [0.2, 0.25) is 0 Å². The molecule has 1 nitrogen and oxygen atoms in total. The van der Waals surface area contributed by atoms with Crippen LogP contribution < -0.4 is 5.32 Å². The zero-order chi connectivity index (χ0) is 14.2. The van der Waals surface area contributed by atoms with Crippen LogP contribution in [-0.2, 0) is 6.42 Å². The summed E-state index contributed by atoms with van der Waals surface area (Å²) in [5, 5.41) is 3.89. The predicted molar refractivity (Wildman–Crippen MR) is 87.6 cm³/mol. The van der Waals surface area contributed by atoms with E-state index in [1.807, 2.05) is 0 Å². The van der Waals surface area contributed by atoms with Crippen molar-refractivity contribution in [2.24, 2.45) is 0 Å². The third-order valence-electron chi connectivity index (χ3n) is 5.34. The minimum absolute atomic E-state index is 0.587. The van der Waals surface area contributed by atoms with Crippen LogP contribution in [0.4, 0.5) is 0 Å². The monoisotopic (exact) mass is 277 g/mol. The first-order valence-electron chi connectivity index (χ1n) is 8.20. The van der Waals surface area contributed by atoms with E-state index < -0.39 is 0 Å². The summed E-state index contributed by atoms with van der Waals surface area (Å²) in [7, 11) is 0. The molecule has 1 N–H and O–H groups in total. The molecule has 0 aromatic heterocycles. The number of rotatable bonds is 3. The molecule has 0 saturated heterocycles. The molecule has 1 fully saturated rings. The van der Waals surface area contributed by atoms with Gasteiger partial charge in [-0.15, -0.1) is 0 Å². The van der Waals surface area contributed by atoms with Crippen LogP contribution in [-0.4, -0.2) is 6.04 Å². The number of fused-ring (bicyclic) bond motifs is 1. The van der Waals surface area contributed by atoms with Gasteiger partial charge in [0.05, 0.1) is 0 Å². The average molecular weight is 277 g/mol. The molecule has 1 atom stereocenters. The third kappa shape index (κ3) is 2.40. The maximum absolute atomic E-state index is 3.89. The van der Waals surface area contributed by atoms with Crippen molar-refractivity contribution >= 4 is 0 Å². The Labute approximate surface area is 127 Å². The van der Waals surface area contributed by atoms with Gasteiger partial charge in [0.1, 0.15) is 0 Å². The SMILES string of the molecule is Cc1ccccc1C1CC(NC2CCc3ccccc32)C1. The summed E-state index contributed by atoms with van der Waals surface area (Å²) >= 11 is 0. The van der Waals surface area contributed by atoms with E-state index in [0.717, 1.165) is 5.92 Å². The van der Waals surface area contributed by atoms with Gasteiger partial charge >= 0.3 is 0 Å². The lowest BCUT2D eigenvalue weighted by Gasteiger charge is -2.39. The van der Waals surface area contributed by atoms with Gasteiger partial charge in [0.25, 0.3) is 0 Å². The fourth-order valence-electron chi connectivity index (χ4n) is 4.07. The van der Waals surface area contributed by atoms with E-state index in [1.54, 1.807) is 11.1 Å². The topological polar surface area (TPSA) is 12.0 Å². The molecule has 2 aliphatic rings. The Bertz CT molecular complexity index is 640. The van der Waals surface area contributed by atoms with Gasteiger partial charge in [0.15, 0.2) is 0 Å². The molecule has 21 heavy (non-hydrogen) atoms. The molecular weight excluding hydrogens is 254 g/mol. The highest BCUT2D eigenvalue weighted by molar-refractivity contribution is 5.35. The number of nitrogens with one attached hydrogen (secondary N) is 1. The standard InChI is InChI=1S/C20H23N/c1-14-6-2-4-8-18(14)16-12-17(13-16)21-20-11-10-15-7-3-5-9-19(15)20/h2-9,16-17,20-21H,10-13H2,1H3. The van der Waals surface area contributed by atoms with E-state index in [1.165, 1.54) is 36.8 Å². The van der Waals surface area contributed by atoms with Gasteiger partial charge in [-0.1, -0.05) is 48.5 Å². The van der Waals surface area contributed by atoms with Crippen LogP contribution in [0.1, 0.15) is 53.5 Å². The van der Waals surface area contributed by atoms with Crippen molar-refractivity contribution in [2.75, 3.05) is 0 Å². The molecule has 0 heterocycles. The second kappa shape index (κ2) is 5.31. The largest absolute Gasteiger partial charge is 0.307 e. The van der Waals surface area contributed by atoms with Gasteiger partial charge in [-0.25, -0.2) is 0 Å². The molecule has 1 heteroatoms. The number of hydrogen-bond donors (Lipinski definition) is 1. The second-order valence-electron chi connectivity index (χ2n) is 6.68. The zero-order valence-electron chi connectivity index (χ0n) is 12.7. The number of aryl methyl sites for hydroxylation is 2. The first kappa shape index (κ1) is 13.1. The van der Waals surface area contributed by atoms with E-state index in [-0.39, 0.29) is 0 Å². The molecule has 1 unspecified atom stereocenters. The molecule has 0 amide bonds. The summed E-state index contributed by atoms with van der Waals surface area (Å²) in [5.41, 5.74) is 6.09. The second-order valence-corrected chi connectivity index (χ2v) is 6.68. The average Bonchev–Trinajstić information content (AvgIpc) is 2.87. The fourth-order valence-corrected chi connectivity index (χ4v) is 4.07.